The quantitative estimate of drug-likeness (QED) is 0.356. The molecule has 1 fully saturated rings. The van der Waals surface area contributed by atoms with E-state index in [4.69, 9.17) is 10.1 Å². The Morgan fingerprint density at radius 1 is 1.43 bits per heavy atom. The van der Waals surface area contributed by atoms with E-state index in [0.717, 1.165) is 37.6 Å². The smallest absolute Gasteiger partial charge is 0.238 e. The first-order chi connectivity index (χ1) is 12.9. The third-order valence-electron chi connectivity index (χ3n) is 4.66. The van der Waals surface area contributed by atoms with Crippen LogP contribution in [0.4, 0.5) is 0 Å². The molecule has 0 radical (unpaired) electrons. The van der Waals surface area contributed by atoms with Crippen LogP contribution < -0.4 is 10.5 Å². The van der Waals surface area contributed by atoms with Crippen LogP contribution in [0.15, 0.2) is 46.5 Å². The van der Waals surface area contributed by atoms with Crippen LogP contribution in [0.3, 0.4) is 0 Å². The summed E-state index contributed by atoms with van der Waals surface area (Å²) >= 11 is 0. The highest BCUT2D eigenvalue weighted by atomic mass is 127. The van der Waals surface area contributed by atoms with Gasteiger partial charge in [-0.2, -0.15) is 5.10 Å². The van der Waals surface area contributed by atoms with Crippen molar-refractivity contribution in [2.24, 2.45) is 17.2 Å². The lowest BCUT2D eigenvalue weighted by Gasteiger charge is -2.21. The van der Waals surface area contributed by atoms with Crippen LogP contribution in [0.5, 0.6) is 0 Å². The SMILES string of the molecule is CCNC(=NCc1cccc(S(N)(=O)=O)c1)N1CCC(c2cnn(C)c2)C1.I. The monoisotopic (exact) mass is 518 g/mol. The number of nitrogens with zero attached hydrogens (tertiary/aromatic N) is 4. The van der Waals surface area contributed by atoms with Crippen molar-refractivity contribution in [2.75, 3.05) is 19.6 Å². The topological polar surface area (TPSA) is 106 Å². The molecular formula is C18H27IN6O2S. The van der Waals surface area contributed by atoms with Crippen LogP contribution in [-0.2, 0) is 23.6 Å². The van der Waals surface area contributed by atoms with Crippen LogP contribution >= 0.6 is 24.0 Å². The predicted octanol–water partition coefficient (Wildman–Crippen LogP) is 1.64. The molecule has 154 valence electrons. The predicted molar refractivity (Wildman–Crippen MR) is 120 cm³/mol. The first-order valence-corrected chi connectivity index (χ1v) is 10.5. The molecule has 1 aliphatic rings. The zero-order valence-corrected chi connectivity index (χ0v) is 19.2. The van der Waals surface area contributed by atoms with Crippen molar-refractivity contribution >= 4 is 40.0 Å². The Morgan fingerprint density at radius 2 is 2.21 bits per heavy atom. The Labute approximate surface area is 183 Å². The average molecular weight is 518 g/mol. The molecule has 0 amide bonds. The molecule has 2 heterocycles. The molecule has 1 aliphatic heterocycles. The minimum Gasteiger partial charge on any atom is -0.357 e. The molecule has 1 aromatic heterocycles. The summed E-state index contributed by atoms with van der Waals surface area (Å²) in [5.41, 5.74) is 2.05. The van der Waals surface area contributed by atoms with Crippen molar-refractivity contribution < 1.29 is 8.42 Å². The Morgan fingerprint density at radius 3 is 2.86 bits per heavy atom. The van der Waals surface area contributed by atoms with Crippen LogP contribution in [0.25, 0.3) is 0 Å². The van der Waals surface area contributed by atoms with Crippen LogP contribution in [0, 0.1) is 0 Å². The summed E-state index contributed by atoms with van der Waals surface area (Å²) < 4.78 is 24.9. The summed E-state index contributed by atoms with van der Waals surface area (Å²) in [5.74, 6) is 1.28. The second-order valence-corrected chi connectivity index (χ2v) is 8.30. The molecule has 1 atom stereocenters. The summed E-state index contributed by atoms with van der Waals surface area (Å²) in [4.78, 5) is 7.05. The molecule has 10 heteroatoms. The Bertz CT molecular complexity index is 928. The number of rotatable bonds is 5. The molecule has 0 saturated carbocycles. The van der Waals surface area contributed by atoms with Crippen molar-refractivity contribution in [3.8, 4) is 0 Å². The fourth-order valence-electron chi connectivity index (χ4n) is 3.29. The molecule has 8 nitrogen and oxygen atoms in total. The van der Waals surface area contributed by atoms with Crippen molar-refractivity contribution in [1.82, 2.24) is 20.0 Å². The van der Waals surface area contributed by atoms with Gasteiger partial charge < -0.3 is 10.2 Å². The number of benzene rings is 1. The maximum absolute atomic E-state index is 11.5. The standard InChI is InChI=1S/C18H26N6O2S.HI/c1-3-20-18(21-10-14-5-4-6-17(9-14)27(19,25)26)24-8-7-15(13-24)16-11-22-23(2)12-16;/h4-6,9,11-12,15H,3,7-8,10,13H2,1-2H3,(H,20,21)(H2,19,25,26);1H. The van der Waals surface area contributed by atoms with E-state index in [1.165, 1.54) is 11.6 Å². The summed E-state index contributed by atoms with van der Waals surface area (Å²) in [6.45, 7) is 4.99. The van der Waals surface area contributed by atoms with E-state index in [1.807, 2.05) is 30.9 Å². The van der Waals surface area contributed by atoms with Crippen LogP contribution in [-0.4, -0.2) is 48.7 Å². The third kappa shape index (κ3) is 5.67. The molecule has 1 saturated heterocycles. The minimum atomic E-state index is -3.71. The van der Waals surface area contributed by atoms with Gasteiger partial charge in [0.05, 0.1) is 17.6 Å². The Balaban J connectivity index is 0.00000280. The van der Waals surface area contributed by atoms with Gasteiger partial charge in [0.15, 0.2) is 5.96 Å². The summed E-state index contributed by atoms with van der Waals surface area (Å²) in [6, 6.07) is 6.60. The first kappa shape index (κ1) is 22.6. The molecule has 0 aliphatic carbocycles. The minimum absolute atomic E-state index is 0. The molecule has 1 unspecified atom stereocenters. The number of nitrogens with two attached hydrogens (primary N) is 1. The van der Waals surface area contributed by atoms with Crippen molar-refractivity contribution in [1.29, 1.82) is 0 Å². The van der Waals surface area contributed by atoms with Gasteiger partial charge in [-0.15, -0.1) is 24.0 Å². The van der Waals surface area contributed by atoms with Gasteiger partial charge in [-0.25, -0.2) is 18.5 Å². The average Bonchev–Trinajstić information content (AvgIpc) is 3.27. The normalized spacial score (nSPS) is 17.5. The van der Waals surface area contributed by atoms with Gasteiger partial charge in [0.2, 0.25) is 10.0 Å². The third-order valence-corrected chi connectivity index (χ3v) is 5.57. The van der Waals surface area contributed by atoms with Gasteiger partial charge in [0, 0.05) is 38.8 Å². The molecule has 28 heavy (non-hydrogen) atoms. The van der Waals surface area contributed by atoms with E-state index >= 15 is 0 Å². The zero-order chi connectivity index (χ0) is 19.4. The number of aromatic nitrogens is 2. The lowest BCUT2D eigenvalue weighted by Crippen LogP contribution is -2.40. The van der Waals surface area contributed by atoms with Gasteiger partial charge in [-0.1, -0.05) is 12.1 Å². The van der Waals surface area contributed by atoms with Gasteiger partial charge in [-0.05, 0) is 36.6 Å². The molecule has 0 spiro atoms. The maximum Gasteiger partial charge on any atom is 0.238 e. The van der Waals surface area contributed by atoms with E-state index in [-0.39, 0.29) is 28.9 Å². The first-order valence-electron chi connectivity index (χ1n) is 9.00. The summed E-state index contributed by atoms with van der Waals surface area (Å²) in [5, 5.41) is 12.8. The zero-order valence-electron chi connectivity index (χ0n) is 16.1. The molecule has 1 aromatic carbocycles. The molecule has 3 rings (SSSR count). The fourth-order valence-corrected chi connectivity index (χ4v) is 3.87. The number of halogens is 1. The van der Waals surface area contributed by atoms with E-state index in [2.05, 4.69) is 21.5 Å². The second kappa shape index (κ2) is 9.70. The summed E-state index contributed by atoms with van der Waals surface area (Å²) in [6.07, 6.45) is 5.05. The van der Waals surface area contributed by atoms with Crippen molar-refractivity contribution in [2.45, 2.75) is 30.7 Å². The maximum atomic E-state index is 11.5. The van der Waals surface area contributed by atoms with E-state index in [1.54, 1.807) is 12.1 Å². The summed E-state index contributed by atoms with van der Waals surface area (Å²) in [7, 11) is -1.78. The highest BCUT2D eigenvalue weighted by Crippen LogP contribution is 2.26. The van der Waals surface area contributed by atoms with Gasteiger partial charge in [0.25, 0.3) is 0 Å². The Kier molecular flexibility index (Phi) is 7.84. The number of aryl methyl sites for hydroxylation is 1. The largest absolute Gasteiger partial charge is 0.357 e. The van der Waals surface area contributed by atoms with Gasteiger partial charge in [-0.3, -0.25) is 4.68 Å². The number of guanidine groups is 1. The van der Waals surface area contributed by atoms with Gasteiger partial charge in [0.1, 0.15) is 0 Å². The number of primary sulfonamides is 1. The number of nitrogens with one attached hydrogen (secondary N) is 1. The second-order valence-electron chi connectivity index (χ2n) is 6.74. The number of likely N-dealkylation sites (tertiary alicyclic amines) is 1. The van der Waals surface area contributed by atoms with Crippen molar-refractivity contribution in [3.05, 3.63) is 47.8 Å². The highest BCUT2D eigenvalue weighted by Gasteiger charge is 2.26. The lowest BCUT2D eigenvalue weighted by molar-refractivity contribution is 0.486. The number of aliphatic imine (C=N–C) groups is 1. The Hall–Kier alpha value is -1.66. The van der Waals surface area contributed by atoms with Gasteiger partial charge >= 0.3 is 0 Å². The van der Waals surface area contributed by atoms with E-state index < -0.39 is 10.0 Å². The fraction of sp³-hybridized carbons (Fsp3) is 0.444. The van der Waals surface area contributed by atoms with Crippen LogP contribution in [0.2, 0.25) is 0 Å². The number of hydrogen-bond acceptors (Lipinski definition) is 4. The number of sulfonamides is 1. The van der Waals surface area contributed by atoms with E-state index in [0.29, 0.717) is 12.5 Å². The number of hydrogen-bond donors (Lipinski definition) is 2. The van der Waals surface area contributed by atoms with Crippen LogP contribution in [0.1, 0.15) is 30.4 Å². The molecular weight excluding hydrogens is 491 g/mol. The molecule has 3 N–H and O–H groups in total. The molecule has 2 aromatic rings. The lowest BCUT2D eigenvalue weighted by atomic mass is 10.0. The molecule has 0 bridgehead atoms. The van der Waals surface area contributed by atoms with E-state index in [9.17, 15) is 8.42 Å². The highest BCUT2D eigenvalue weighted by molar-refractivity contribution is 14.0. The van der Waals surface area contributed by atoms with Crippen molar-refractivity contribution in [3.63, 3.8) is 0 Å².